The largest absolute Gasteiger partial charge is 1.00 e. The molecule has 0 amide bonds. The standard InChI is InChI=1S/C6H4F10O3S.Na/c7-1(2(8)9)4(11,12)6(15,16)5(13,14)3(10)20(17,18)19;/h1-3H,(H,17,18,19);/q;+1/p-1. The van der Waals surface area contributed by atoms with E-state index in [2.05, 4.69) is 0 Å². The SMILES string of the molecule is O=S(=O)([O-])C(F)C(F)(F)C(F)(F)C(F)(F)C(F)C(F)F.[Na+]. The minimum atomic E-state index is -7.20. The molecule has 2 unspecified atom stereocenters. The van der Waals surface area contributed by atoms with Crippen molar-refractivity contribution in [3.05, 3.63) is 0 Å². The van der Waals surface area contributed by atoms with Crippen LogP contribution in [-0.2, 0) is 10.1 Å². The van der Waals surface area contributed by atoms with Gasteiger partial charge < -0.3 is 4.55 Å². The van der Waals surface area contributed by atoms with Gasteiger partial charge in [-0.15, -0.1) is 0 Å². The summed E-state index contributed by atoms with van der Waals surface area (Å²) in [7, 11) is -6.84. The normalized spacial score (nSPS) is 17.3. The van der Waals surface area contributed by atoms with Crippen molar-refractivity contribution in [3.8, 4) is 0 Å². The van der Waals surface area contributed by atoms with Gasteiger partial charge in [0.2, 0.25) is 6.17 Å². The third-order valence-electron chi connectivity index (χ3n) is 1.94. The van der Waals surface area contributed by atoms with Crippen molar-refractivity contribution in [2.24, 2.45) is 0 Å². The van der Waals surface area contributed by atoms with Crippen molar-refractivity contribution in [2.45, 2.75) is 35.9 Å². The van der Waals surface area contributed by atoms with Gasteiger partial charge in [-0.05, 0) is 0 Å². The number of hydrogen-bond acceptors (Lipinski definition) is 3. The average Bonchev–Trinajstić information content (AvgIpc) is 2.24. The molecule has 0 aromatic carbocycles. The van der Waals surface area contributed by atoms with Gasteiger partial charge in [0.1, 0.15) is 10.1 Å². The van der Waals surface area contributed by atoms with E-state index >= 15 is 0 Å². The fraction of sp³-hybridized carbons (Fsp3) is 1.00. The molecule has 0 heterocycles. The maximum Gasteiger partial charge on any atom is 1.00 e. The smallest absolute Gasteiger partial charge is 0.746 e. The van der Waals surface area contributed by atoms with E-state index in [1.807, 2.05) is 0 Å². The molecule has 2 atom stereocenters. The zero-order valence-corrected chi connectivity index (χ0v) is 12.5. The number of alkyl halides is 10. The predicted octanol–water partition coefficient (Wildman–Crippen LogP) is -0.660. The maximum absolute atomic E-state index is 12.7. The first kappa shape index (κ1) is 23.5. The monoisotopic (exact) mass is 368 g/mol. The van der Waals surface area contributed by atoms with Gasteiger partial charge in [0, 0.05) is 0 Å². The van der Waals surface area contributed by atoms with Gasteiger partial charge in [0.15, 0.2) is 0 Å². The first-order valence-corrected chi connectivity index (χ1v) is 5.62. The molecule has 0 aliphatic rings. The Morgan fingerprint density at radius 3 is 1.38 bits per heavy atom. The van der Waals surface area contributed by atoms with Gasteiger partial charge in [0.25, 0.3) is 11.9 Å². The van der Waals surface area contributed by atoms with E-state index in [1.54, 1.807) is 0 Å². The van der Waals surface area contributed by atoms with E-state index in [-0.39, 0.29) is 29.6 Å². The summed E-state index contributed by atoms with van der Waals surface area (Å²) in [4.78, 5) is 0. The fourth-order valence-corrected chi connectivity index (χ4v) is 1.39. The molecule has 0 aromatic rings. The van der Waals surface area contributed by atoms with Crippen molar-refractivity contribution >= 4 is 10.1 Å². The Balaban J connectivity index is 0. The Labute approximate surface area is 132 Å². The third kappa shape index (κ3) is 4.14. The summed E-state index contributed by atoms with van der Waals surface area (Å²) in [5.41, 5.74) is -5.39. The maximum atomic E-state index is 12.7. The van der Waals surface area contributed by atoms with E-state index in [1.165, 1.54) is 0 Å². The first-order chi connectivity index (χ1) is 8.51. The number of halogens is 10. The molecule has 0 spiro atoms. The van der Waals surface area contributed by atoms with Crippen molar-refractivity contribution in [1.29, 1.82) is 0 Å². The van der Waals surface area contributed by atoms with Crippen LogP contribution in [0.4, 0.5) is 43.9 Å². The average molecular weight is 368 g/mol. The Morgan fingerprint density at radius 1 is 0.810 bits per heavy atom. The Bertz CT molecular complexity index is 452. The topological polar surface area (TPSA) is 57.2 Å². The van der Waals surface area contributed by atoms with Gasteiger partial charge in [-0.2, -0.15) is 26.3 Å². The third-order valence-corrected chi connectivity index (χ3v) is 2.75. The van der Waals surface area contributed by atoms with E-state index < -0.39 is 46.0 Å². The molecule has 0 aliphatic heterocycles. The second-order valence-electron chi connectivity index (χ2n) is 3.37. The first-order valence-electron chi connectivity index (χ1n) is 4.15. The molecule has 0 bridgehead atoms. The molecule has 0 radical (unpaired) electrons. The van der Waals surface area contributed by atoms with Crippen LogP contribution < -0.4 is 29.6 Å². The van der Waals surface area contributed by atoms with Crippen LogP contribution in [0.1, 0.15) is 0 Å². The molecule has 3 nitrogen and oxygen atoms in total. The van der Waals surface area contributed by atoms with Gasteiger partial charge in [0.05, 0.1) is 0 Å². The molecular formula is C6H3F10NaO3S. The summed E-state index contributed by atoms with van der Waals surface area (Å²) in [6.45, 7) is 0. The van der Waals surface area contributed by atoms with Crippen LogP contribution in [-0.4, -0.2) is 48.8 Å². The quantitative estimate of drug-likeness (QED) is 0.356. The molecular weight excluding hydrogens is 365 g/mol. The summed E-state index contributed by atoms with van der Waals surface area (Å²) in [5, 5.41) is 0. The number of rotatable bonds is 6. The molecule has 0 fully saturated rings. The van der Waals surface area contributed by atoms with Crippen molar-refractivity contribution < 1.29 is 86.4 Å². The van der Waals surface area contributed by atoms with E-state index in [0.29, 0.717) is 0 Å². The summed E-state index contributed by atoms with van der Waals surface area (Å²) in [5.74, 6) is -21.0. The van der Waals surface area contributed by atoms with Crippen LogP contribution in [0.15, 0.2) is 0 Å². The van der Waals surface area contributed by atoms with Gasteiger partial charge in [-0.25, -0.2) is 26.0 Å². The van der Waals surface area contributed by atoms with Crippen LogP contribution in [0.2, 0.25) is 0 Å². The molecule has 0 aliphatic carbocycles. The van der Waals surface area contributed by atoms with Crippen LogP contribution in [0.25, 0.3) is 0 Å². The Hall–Kier alpha value is 0.210. The molecule has 15 heteroatoms. The van der Waals surface area contributed by atoms with Crippen LogP contribution in [0.3, 0.4) is 0 Å². The molecule has 0 N–H and O–H groups in total. The molecule has 122 valence electrons. The van der Waals surface area contributed by atoms with E-state index in [9.17, 15) is 56.9 Å². The van der Waals surface area contributed by atoms with E-state index in [0.717, 1.165) is 0 Å². The van der Waals surface area contributed by atoms with Crippen LogP contribution in [0, 0.1) is 0 Å². The summed E-state index contributed by atoms with van der Waals surface area (Å²) in [6, 6.07) is 0. The molecule has 21 heavy (non-hydrogen) atoms. The molecule has 0 saturated heterocycles. The second-order valence-corrected chi connectivity index (χ2v) is 4.76. The zero-order chi connectivity index (χ0) is 16.7. The van der Waals surface area contributed by atoms with Crippen molar-refractivity contribution in [3.63, 3.8) is 0 Å². The summed E-state index contributed by atoms with van der Waals surface area (Å²) >= 11 is 0. The summed E-state index contributed by atoms with van der Waals surface area (Å²) in [6.07, 6.45) is -10.0. The van der Waals surface area contributed by atoms with Gasteiger partial charge in [-0.1, -0.05) is 0 Å². The van der Waals surface area contributed by atoms with Crippen molar-refractivity contribution in [2.75, 3.05) is 0 Å². The molecule has 0 rings (SSSR count). The zero-order valence-electron chi connectivity index (χ0n) is 9.64. The fourth-order valence-electron chi connectivity index (χ4n) is 0.877. The van der Waals surface area contributed by atoms with E-state index in [4.69, 9.17) is 0 Å². The molecule has 0 aromatic heterocycles. The van der Waals surface area contributed by atoms with Crippen LogP contribution >= 0.6 is 0 Å². The Kier molecular flexibility index (Phi) is 7.56. The van der Waals surface area contributed by atoms with Crippen molar-refractivity contribution in [1.82, 2.24) is 0 Å². The molecule has 0 saturated carbocycles. The minimum Gasteiger partial charge on any atom is -0.746 e. The van der Waals surface area contributed by atoms with Crippen LogP contribution in [0.5, 0.6) is 0 Å². The number of hydrogen-bond donors (Lipinski definition) is 0. The summed E-state index contributed by atoms with van der Waals surface area (Å²) < 4.78 is 153. The second kappa shape index (κ2) is 6.76. The minimum absolute atomic E-state index is 0. The predicted molar refractivity (Wildman–Crippen MR) is 40.3 cm³/mol. The Morgan fingerprint density at radius 2 is 1.14 bits per heavy atom. The van der Waals surface area contributed by atoms with Gasteiger partial charge in [-0.3, -0.25) is 0 Å². The van der Waals surface area contributed by atoms with Gasteiger partial charge >= 0.3 is 47.3 Å².